The Morgan fingerprint density at radius 1 is 1.03 bits per heavy atom. The van der Waals surface area contributed by atoms with Crippen LogP contribution in [0.5, 0.6) is 0 Å². The van der Waals surface area contributed by atoms with Crippen LogP contribution in [0.1, 0.15) is 17.0 Å². The van der Waals surface area contributed by atoms with Crippen LogP contribution in [0, 0.1) is 10.5 Å². The molecule has 4 aromatic rings. The fourth-order valence-electron chi connectivity index (χ4n) is 3.69. The van der Waals surface area contributed by atoms with Crippen molar-refractivity contribution in [1.82, 2.24) is 9.55 Å². The molecule has 152 valence electrons. The van der Waals surface area contributed by atoms with Gasteiger partial charge in [0, 0.05) is 19.8 Å². The van der Waals surface area contributed by atoms with Crippen LogP contribution in [0.15, 0.2) is 65.5 Å². The molecule has 0 spiro atoms. The molecule has 1 amide bonds. The number of rotatable bonds is 2. The van der Waals surface area contributed by atoms with Crippen LogP contribution in [0.3, 0.4) is 0 Å². The van der Waals surface area contributed by atoms with Crippen molar-refractivity contribution in [2.75, 3.05) is 5.32 Å². The number of benzene rings is 3. The van der Waals surface area contributed by atoms with Gasteiger partial charge in [0.25, 0.3) is 11.5 Å². The minimum absolute atomic E-state index is 0.208. The SMILES string of the molecule is Cc1ccc2c(c1)/C(=C/c1nc3ccc(I)cc3c(=O)n1-c1ccc(Cl)cc1)C(=O)N2. The van der Waals surface area contributed by atoms with E-state index in [1.807, 2.05) is 43.3 Å². The minimum atomic E-state index is -0.222. The highest BCUT2D eigenvalue weighted by atomic mass is 127. The van der Waals surface area contributed by atoms with Crippen LogP contribution < -0.4 is 10.9 Å². The first kappa shape index (κ1) is 20.0. The van der Waals surface area contributed by atoms with Crippen LogP contribution >= 0.6 is 34.2 Å². The van der Waals surface area contributed by atoms with Gasteiger partial charge in [0.15, 0.2) is 0 Å². The van der Waals surface area contributed by atoms with Crippen molar-refractivity contribution in [1.29, 1.82) is 0 Å². The first-order valence-electron chi connectivity index (χ1n) is 9.53. The quantitative estimate of drug-likeness (QED) is 0.272. The summed E-state index contributed by atoms with van der Waals surface area (Å²) < 4.78 is 2.46. The van der Waals surface area contributed by atoms with E-state index in [0.29, 0.717) is 33.0 Å². The Balaban J connectivity index is 1.82. The van der Waals surface area contributed by atoms with Crippen LogP contribution in [-0.2, 0) is 4.79 Å². The summed E-state index contributed by atoms with van der Waals surface area (Å²) in [5.41, 5.74) is 4.04. The number of aromatic nitrogens is 2. The molecular weight excluding hydrogens is 525 g/mol. The third kappa shape index (κ3) is 3.55. The third-order valence-corrected chi connectivity index (χ3v) is 6.10. The molecule has 7 heteroatoms. The molecule has 0 bridgehead atoms. The molecule has 5 rings (SSSR count). The molecule has 0 unspecified atom stereocenters. The molecule has 0 saturated carbocycles. The molecule has 0 fully saturated rings. The second-order valence-electron chi connectivity index (χ2n) is 7.31. The normalized spacial score (nSPS) is 14.2. The number of aryl methyl sites for hydroxylation is 1. The number of hydrogen-bond donors (Lipinski definition) is 1. The fraction of sp³-hybridized carbons (Fsp3) is 0.0417. The highest BCUT2D eigenvalue weighted by Crippen LogP contribution is 2.34. The molecule has 0 atom stereocenters. The lowest BCUT2D eigenvalue weighted by Crippen LogP contribution is -2.22. The average Bonchev–Trinajstić information content (AvgIpc) is 3.04. The van der Waals surface area contributed by atoms with E-state index in [4.69, 9.17) is 16.6 Å². The van der Waals surface area contributed by atoms with Crippen molar-refractivity contribution in [3.05, 3.63) is 96.6 Å². The Bertz CT molecular complexity index is 1470. The number of halogens is 2. The molecule has 3 aromatic carbocycles. The van der Waals surface area contributed by atoms with Gasteiger partial charge in [-0.25, -0.2) is 4.98 Å². The first-order valence-corrected chi connectivity index (χ1v) is 11.0. The van der Waals surface area contributed by atoms with Crippen molar-refractivity contribution >= 4 is 68.3 Å². The summed E-state index contributed by atoms with van der Waals surface area (Å²) in [6, 6.07) is 18.3. The number of carbonyl (C=O) groups is 1. The van der Waals surface area contributed by atoms with Crippen molar-refractivity contribution in [2.45, 2.75) is 6.92 Å². The molecule has 1 aliphatic heterocycles. The molecule has 31 heavy (non-hydrogen) atoms. The van der Waals surface area contributed by atoms with Gasteiger partial charge in [-0.2, -0.15) is 0 Å². The van der Waals surface area contributed by atoms with Gasteiger partial charge >= 0.3 is 0 Å². The van der Waals surface area contributed by atoms with E-state index in [9.17, 15) is 9.59 Å². The molecule has 2 heterocycles. The summed E-state index contributed by atoms with van der Waals surface area (Å²) in [6.45, 7) is 1.97. The van der Waals surface area contributed by atoms with Gasteiger partial charge in [-0.3, -0.25) is 14.2 Å². The third-order valence-electron chi connectivity index (χ3n) is 5.17. The van der Waals surface area contributed by atoms with E-state index in [1.165, 1.54) is 4.57 Å². The lowest BCUT2D eigenvalue weighted by atomic mass is 10.0. The molecule has 0 radical (unpaired) electrons. The summed E-state index contributed by atoms with van der Waals surface area (Å²) in [4.78, 5) is 31.0. The lowest BCUT2D eigenvalue weighted by Gasteiger charge is -2.12. The number of anilines is 1. The zero-order chi connectivity index (χ0) is 21.7. The van der Waals surface area contributed by atoms with Crippen molar-refractivity contribution in [3.63, 3.8) is 0 Å². The maximum atomic E-state index is 13.5. The van der Waals surface area contributed by atoms with Gasteiger partial charge in [-0.1, -0.05) is 23.2 Å². The Kier molecular flexibility index (Phi) is 4.91. The Hall–Kier alpha value is -2.97. The van der Waals surface area contributed by atoms with E-state index in [2.05, 4.69) is 27.9 Å². The molecule has 1 aliphatic rings. The Labute approximate surface area is 196 Å². The highest BCUT2D eigenvalue weighted by molar-refractivity contribution is 14.1. The highest BCUT2D eigenvalue weighted by Gasteiger charge is 2.25. The Morgan fingerprint density at radius 2 is 1.81 bits per heavy atom. The number of hydrogen-bond acceptors (Lipinski definition) is 3. The second-order valence-corrected chi connectivity index (χ2v) is 8.99. The molecule has 1 N–H and O–H groups in total. The van der Waals surface area contributed by atoms with Crippen molar-refractivity contribution < 1.29 is 4.79 Å². The predicted octanol–water partition coefficient (Wildman–Crippen LogP) is 5.44. The number of amides is 1. The molecule has 5 nitrogen and oxygen atoms in total. The maximum Gasteiger partial charge on any atom is 0.266 e. The minimum Gasteiger partial charge on any atom is -0.321 e. The first-order chi connectivity index (χ1) is 14.9. The standard InChI is InChI=1S/C24H15ClIN3O2/c1-13-2-8-20-17(10-13)18(23(30)28-20)12-22-27-21-9-5-15(26)11-19(21)24(31)29(22)16-6-3-14(25)4-7-16/h2-12H,1H3,(H,28,30)/b18-12-. The smallest absolute Gasteiger partial charge is 0.266 e. The summed E-state index contributed by atoms with van der Waals surface area (Å²) in [5.74, 6) is 0.153. The van der Waals surface area contributed by atoms with E-state index in [1.54, 1.807) is 30.3 Å². The van der Waals surface area contributed by atoms with Crippen LogP contribution in [0.2, 0.25) is 5.02 Å². The van der Waals surface area contributed by atoms with E-state index in [-0.39, 0.29) is 11.5 Å². The molecule has 1 aromatic heterocycles. The van der Waals surface area contributed by atoms with Gasteiger partial charge in [0.05, 0.1) is 22.2 Å². The van der Waals surface area contributed by atoms with Gasteiger partial charge in [-0.15, -0.1) is 0 Å². The largest absolute Gasteiger partial charge is 0.321 e. The van der Waals surface area contributed by atoms with E-state index < -0.39 is 0 Å². The summed E-state index contributed by atoms with van der Waals surface area (Å²) >= 11 is 8.23. The topological polar surface area (TPSA) is 64.0 Å². The summed E-state index contributed by atoms with van der Waals surface area (Å²) in [7, 11) is 0. The lowest BCUT2D eigenvalue weighted by molar-refractivity contribution is -0.110. The monoisotopic (exact) mass is 539 g/mol. The van der Waals surface area contributed by atoms with Crippen LogP contribution in [0.25, 0.3) is 28.2 Å². The van der Waals surface area contributed by atoms with E-state index >= 15 is 0 Å². The fourth-order valence-corrected chi connectivity index (χ4v) is 4.30. The number of carbonyl (C=O) groups excluding carboxylic acids is 1. The average molecular weight is 540 g/mol. The van der Waals surface area contributed by atoms with Gasteiger partial charge in [-0.05, 0) is 90.2 Å². The van der Waals surface area contributed by atoms with Crippen molar-refractivity contribution in [2.24, 2.45) is 0 Å². The van der Waals surface area contributed by atoms with E-state index in [0.717, 1.165) is 20.4 Å². The number of nitrogens with one attached hydrogen (secondary N) is 1. The molecular formula is C24H15ClIN3O2. The Morgan fingerprint density at radius 3 is 2.58 bits per heavy atom. The number of fused-ring (bicyclic) bond motifs is 2. The van der Waals surface area contributed by atoms with Crippen LogP contribution in [0.4, 0.5) is 5.69 Å². The van der Waals surface area contributed by atoms with Gasteiger partial charge < -0.3 is 5.32 Å². The summed E-state index contributed by atoms with van der Waals surface area (Å²) in [5, 5.41) is 3.96. The van der Waals surface area contributed by atoms with Gasteiger partial charge in [0.1, 0.15) is 5.82 Å². The van der Waals surface area contributed by atoms with Crippen molar-refractivity contribution in [3.8, 4) is 5.69 Å². The number of nitrogens with zero attached hydrogens (tertiary/aromatic N) is 2. The second kappa shape index (κ2) is 7.62. The zero-order valence-corrected chi connectivity index (χ0v) is 19.2. The summed E-state index contributed by atoms with van der Waals surface area (Å²) in [6.07, 6.45) is 1.67. The predicted molar refractivity (Wildman–Crippen MR) is 133 cm³/mol. The molecule has 0 aliphatic carbocycles. The zero-order valence-electron chi connectivity index (χ0n) is 16.3. The van der Waals surface area contributed by atoms with Gasteiger partial charge in [0.2, 0.25) is 0 Å². The maximum absolute atomic E-state index is 13.5. The van der Waals surface area contributed by atoms with Crippen LogP contribution in [-0.4, -0.2) is 15.5 Å². The molecule has 0 saturated heterocycles.